The summed E-state index contributed by atoms with van der Waals surface area (Å²) in [6.07, 6.45) is 2.04. The van der Waals surface area contributed by atoms with Gasteiger partial charge in [-0.05, 0) is 43.9 Å². The van der Waals surface area contributed by atoms with Crippen molar-refractivity contribution in [1.82, 2.24) is 30.1 Å². The Kier molecular flexibility index (Phi) is 9.08. The summed E-state index contributed by atoms with van der Waals surface area (Å²) in [4.78, 5) is 42.0. The molecule has 4 atom stereocenters. The van der Waals surface area contributed by atoms with E-state index in [-0.39, 0.29) is 43.7 Å². The molecule has 3 amide bonds. The summed E-state index contributed by atoms with van der Waals surface area (Å²) in [5, 5.41) is 20.5. The van der Waals surface area contributed by atoms with Crippen LogP contribution in [0.5, 0.6) is 0 Å². The highest BCUT2D eigenvalue weighted by Crippen LogP contribution is 2.33. The molecule has 0 radical (unpaired) electrons. The van der Waals surface area contributed by atoms with Crippen LogP contribution in [-0.4, -0.2) is 86.1 Å². The zero-order valence-corrected chi connectivity index (χ0v) is 24.8. The number of amides is 3. The minimum absolute atomic E-state index is 0.0317. The smallest absolute Gasteiger partial charge is 0.246 e. The molecule has 2 fully saturated rings. The maximum atomic E-state index is 14.5. The number of alkyl halides is 1. The molecule has 1 aromatic carbocycles. The Morgan fingerprint density at radius 2 is 2.09 bits per heavy atom. The molecule has 1 unspecified atom stereocenters. The van der Waals surface area contributed by atoms with Crippen LogP contribution in [0.15, 0.2) is 24.4 Å². The molecule has 0 spiro atoms. The third-order valence-corrected chi connectivity index (χ3v) is 8.13. The van der Waals surface area contributed by atoms with Crippen molar-refractivity contribution in [2.75, 3.05) is 19.8 Å². The highest BCUT2D eigenvalue weighted by atomic mass is 19.1. The molecule has 3 aliphatic heterocycles. The Hall–Kier alpha value is -3.89. The lowest BCUT2D eigenvalue weighted by Crippen LogP contribution is -2.46. The summed E-state index contributed by atoms with van der Waals surface area (Å²) in [6.45, 7) is 7.78. The van der Waals surface area contributed by atoms with Gasteiger partial charge >= 0.3 is 0 Å². The van der Waals surface area contributed by atoms with Gasteiger partial charge in [0.25, 0.3) is 0 Å². The van der Waals surface area contributed by atoms with E-state index >= 15 is 0 Å². The fourth-order valence-electron chi connectivity index (χ4n) is 6.00. The number of nitriles is 1. The standard InChI is InChI=1S/C30H38FN7O5/c1-19(2)43-8-7-42-17-23-15-37(35-34-23)14-21-6-4-5-20-13-36(16-25(20)21)27(39)10-22-9-26(33-28(22)40)29(41)38-18-30(3,31)11-24(38)12-32/h4-6,15,19,22,24,26H,7-11,13-14,16-18H2,1-3H3,(H,33,40)/t22-,24-,26-,30?/m0/s1. The van der Waals surface area contributed by atoms with Gasteiger partial charge in [0.15, 0.2) is 0 Å². The van der Waals surface area contributed by atoms with Crippen molar-refractivity contribution in [1.29, 1.82) is 5.26 Å². The summed E-state index contributed by atoms with van der Waals surface area (Å²) >= 11 is 0. The Morgan fingerprint density at radius 1 is 1.28 bits per heavy atom. The second-order valence-corrected chi connectivity index (χ2v) is 12.1. The number of rotatable bonds is 11. The fourth-order valence-corrected chi connectivity index (χ4v) is 6.00. The van der Waals surface area contributed by atoms with Gasteiger partial charge in [-0.3, -0.25) is 14.4 Å². The Bertz CT molecular complexity index is 1400. The van der Waals surface area contributed by atoms with E-state index < -0.39 is 29.6 Å². The summed E-state index contributed by atoms with van der Waals surface area (Å²) in [7, 11) is 0. The topological polar surface area (TPSA) is 143 Å². The second kappa shape index (κ2) is 12.8. The molecule has 13 heteroatoms. The average molecular weight is 596 g/mol. The quantitative estimate of drug-likeness (QED) is 0.388. The third-order valence-electron chi connectivity index (χ3n) is 8.13. The molecular formula is C30H38FN7O5. The van der Waals surface area contributed by atoms with Crippen LogP contribution in [0.1, 0.15) is 62.4 Å². The Labute approximate surface area is 250 Å². The van der Waals surface area contributed by atoms with Crippen molar-refractivity contribution in [2.24, 2.45) is 5.92 Å². The minimum Gasteiger partial charge on any atom is -0.376 e. The van der Waals surface area contributed by atoms with E-state index in [0.717, 1.165) is 16.7 Å². The van der Waals surface area contributed by atoms with E-state index in [1.807, 2.05) is 44.3 Å². The lowest BCUT2D eigenvalue weighted by Gasteiger charge is -2.23. The molecule has 1 aromatic heterocycles. The molecule has 230 valence electrons. The number of carbonyl (C=O) groups is 3. The van der Waals surface area contributed by atoms with Crippen LogP contribution in [0.3, 0.4) is 0 Å². The number of aromatic nitrogens is 3. The van der Waals surface area contributed by atoms with Gasteiger partial charge in [-0.1, -0.05) is 23.4 Å². The number of hydrogen-bond donors (Lipinski definition) is 1. The van der Waals surface area contributed by atoms with Crippen LogP contribution < -0.4 is 5.32 Å². The van der Waals surface area contributed by atoms with Crippen molar-refractivity contribution >= 4 is 17.7 Å². The number of benzene rings is 1. The van der Waals surface area contributed by atoms with Gasteiger partial charge in [0.2, 0.25) is 17.7 Å². The first-order chi connectivity index (χ1) is 20.5. The van der Waals surface area contributed by atoms with Gasteiger partial charge < -0.3 is 24.6 Å². The van der Waals surface area contributed by atoms with Gasteiger partial charge in [-0.2, -0.15) is 5.26 Å². The van der Waals surface area contributed by atoms with Crippen LogP contribution >= 0.6 is 0 Å². The highest BCUT2D eigenvalue weighted by Gasteiger charge is 2.47. The predicted octanol–water partition coefficient (Wildman–Crippen LogP) is 1.86. The first-order valence-corrected chi connectivity index (χ1v) is 14.7. The molecule has 2 saturated heterocycles. The molecule has 43 heavy (non-hydrogen) atoms. The van der Waals surface area contributed by atoms with E-state index in [1.165, 1.54) is 11.8 Å². The monoisotopic (exact) mass is 595 g/mol. The van der Waals surface area contributed by atoms with E-state index in [4.69, 9.17) is 9.47 Å². The lowest BCUT2D eigenvalue weighted by atomic mass is 9.99. The number of hydrogen-bond acceptors (Lipinski definition) is 8. The predicted molar refractivity (Wildman–Crippen MR) is 150 cm³/mol. The fraction of sp³-hybridized carbons (Fsp3) is 0.600. The zero-order chi connectivity index (χ0) is 30.7. The lowest BCUT2D eigenvalue weighted by molar-refractivity contribution is -0.135. The molecular weight excluding hydrogens is 557 g/mol. The zero-order valence-electron chi connectivity index (χ0n) is 24.8. The van der Waals surface area contributed by atoms with Crippen LogP contribution in [0.25, 0.3) is 0 Å². The average Bonchev–Trinajstić information content (AvgIpc) is 3.74. The van der Waals surface area contributed by atoms with Crippen LogP contribution in [0.4, 0.5) is 4.39 Å². The minimum atomic E-state index is -1.65. The normalized spacial score (nSPS) is 24.8. The van der Waals surface area contributed by atoms with Gasteiger partial charge in [-0.15, -0.1) is 5.10 Å². The molecule has 4 heterocycles. The molecule has 0 saturated carbocycles. The van der Waals surface area contributed by atoms with Crippen molar-refractivity contribution in [3.8, 4) is 6.07 Å². The molecule has 1 N–H and O–H groups in total. The van der Waals surface area contributed by atoms with Crippen molar-refractivity contribution in [3.63, 3.8) is 0 Å². The number of halogens is 1. The SMILES string of the molecule is CC(C)OCCOCc1cn(Cc2cccc3c2CN(C(=O)C[C@@H]2C[C@@H](C(=O)N4CC(C)(F)C[C@H]4C#N)NC2=O)C3)nn1. The number of nitrogens with zero attached hydrogens (tertiary/aromatic N) is 6. The van der Waals surface area contributed by atoms with Crippen molar-refractivity contribution in [3.05, 3.63) is 46.8 Å². The Morgan fingerprint density at radius 3 is 2.86 bits per heavy atom. The third kappa shape index (κ3) is 7.19. The van der Waals surface area contributed by atoms with Crippen LogP contribution in [0.2, 0.25) is 0 Å². The van der Waals surface area contributed by atoms with Crippen molar-refractivity contribution < 1.29 is 28.2 Å². The first-order valence-electron chi connectivity index (χ1n) is 14.7. The van der Waals surface area contributed by atoms with E-state index in [1.54, 1.807) is 9.58 Å². The van der Waals surface area contributed by atoms with E-state index in [9.17, 15) is 24.0 Å². The molecule has 5 rings (SSSR count). The largest absolute Gasteiger partial charge is 0.376 e. The molecule has 0 aliphatic carbocycles. The number of carbonyl (C=O) groups excluding carboxylic acids is 3. The van der Waals surface area contributed by atoms with Gasteiger partial charge in [0.05, 0.1) is 51.3 Å². The molecule has 0 bridgehead atoms. The van der Waals surface area contributed by atoms with Crippen LogP contribution in [-0.2, 0) is 50.1 Å². The summed E-state index contributed by atoms with van der Waals surface area (Å²) in [5.74, 6) is -1.70. The van der Waals surface area contributed by atoms with Gasteiger partial charge in [0, 0.05) is 31.8 Å². The first kappa shape index (κ1) is 30.6. The summed E-state index contributed by atoms with van der Waals surface area (Å²) in [5.41, 5.74) is 2.18. The number of nitrogens with one attached hydrogen (secondary N) is 1. The maximum absolute atomic E-state index is 14.5. The summed E-state index contributed by atoms with van der Waals surface area (Å²) < 4.78 is 27.3. The second-order valence-electron chi connectivity index (χ2n) is 12.1. The number of likely N-dealkylation sites (tertiary alicyclic amines) is 1. The molecule has 2 aromatic rings. The molecule has 3 aliphatic rings. The van der Waals surface area contributed by atoms with E-state index in [0.29, 0.717) is 45.1 Å². The summed E-state index contributed by atoms with van der Waals surface area (Å²) in [6, 6.07) is 6.19. The number of ether oxygens (including phenoxy) is 2. The highest BCUT2D eigenvalue weighted by molar-refractivity contribution is 5.94. The maximum Gasteiger partial charge on any atom is 0.246 e. The Balaban J connectivity index is 1.14. The van der Waals surface area contributed by atoms with Gasteiger partial charge in [-0.25, -0.2) is 9.07 Å². The molecule has 12 nitrogen and oxygen atoms in total. The van der Waals surface area contributed by atoms with Crippen LogP contribution in [0, 0.1) is 17.2 Å². The van der Waals surface area contributed by atoms with Crippen molar-refractivity contribution in [2.45, 2.75) is 90.1 Å². The van der Waals surface area contributed by atoms with Gasteiger partial charge in [0.1, 0.15) is 23.4 Å². The van der Waals surface area contributed by atoms with E-state index in [2.05, 4.69) is 15.6 Å². The number of fused-ring (bicyclic) bond motifs is 1.